The van der Waals surface area contributed by atoms with Gasteiger partial charge in [-0.3, -0.25) is 0 Å². The maximum Gasteiger partial charge on any atom is 0.231 e. The number of rotatable bonds is 3. The van der Waals surface area contributed by atoms with Gasteiger partial charge in [-0.1, -0.05) is 12.2 Å². The minimum absolute atomic E-state index is 0.286. The number of fused-ring (bicyclic) bond motifs is 1. The molecule has 0 unspecified atom stereocenters. The lowest BCUT2D eigenvalue weighted by molar-refractivity contribution is 0.174. The van der Waals surface area contributed by atoms with Crippen molar-refractivity contribution in [1.29, 1.82) is 0 Å². The van der Waals surface area contributed by atoms with Crippen LogP contribution in [0.1, 0.15) is 0 Å². The van der Waals surface area contributed by atoms with E-state index in [9.17, 15) is 0 Å². The van der Waals surface area contributed by atoms with Gasteiger partial charge in [0, 0.05) is 11.8 Å². The van der Waals surface area contributed by atoms with Crippen LogP contribution in [0.2, 0.25) is 0 Å². The van der Waals surface area contributed by atoms with E-state index < -0.39 is 0 Å². The second-order valence-corrected chi connectivity index (χ2v) is 3.41. The van der Waals surface area contributed by atoms with Crippen molar-refractivity contribution in [3.05, 3.63) is 18.2 Å². The molecule has 0 fully saturated rings. The second kappa shape index (κ2) is 3.71. The number of anilines is 1. The van der Waals surface area contributed by atoms with E-state index in [0.29, 0.717) is 11.5 Å². The summed E-state index contributed by atoms with van der Waals surface area (Å²) in [7, 11) is 0. The Hall–Kier alpha value is -1.49. The van der Waals surface area contributed by atoms with E-state index >= 15 is 0 Å². The van der Waals surface area contributed by atoms with Crippen LogP contribution < -0.4 is 20.5 Å². The molecule has 1 aromatic rings. The largest absolute Gasteiger partial charge is 0.454 e. The van der Waals surface area contributed by atoms with Gasteiger partial charge in [-0.25, -0.2) is 0 Å². The van der Waals surface area contributed by atoms with Crippen LogP contribution in [0.15, 0.2) is 18.2 Å². The molecule has 0 spiro atoms. The highest BCUT2D eigenvalue weighted by molar-refractivity contribution is 7.80. The molecule has 1 aliphatic heterocycles. The van der Waals surface area contributed by atoms with Crippen molar-refractivity contribution in [2.45, 2.75) is 0 Å². The highest BCUT2D eigenvalue weighted by Crippen LogP contribution is 2.33. The summed E-state index contributed by atoms with van der Waals surface area (Å²) < 4.78 is 10.4. The summed E-state index contributed by atoms with van der Waals surface area (Å²) in [6, 6.07) is 5.61. The van der Waals surface area contributed by atoms with Gasteiger partial charge >= 0.3 is 0 Å². The van der Waals surface area contributed by atoms with Crippen molar-refractivity contribution >= 4 is 22.9 Å². The Morgan fingerprint density at radius 3 is 3.00 bits per heavy atom. The van der Waals surface area contributed by atoms with Gasteiger partial charge < -0.3 is 20.5 Å². The van der Waals surface area contributed by atoms with Gasteiger partial charge in [0.2, 0.25) is 6.79 Å². The van der Waals surface area contributed by atoms with Gasteiger partial charge in [0.05, 0.1) is 11.5 Å². The molecule has 1 aliphatic rings. The number of hydrogen-bond donors (Lipinski definition) is 2. The molecular weight excluding hydrogens is 200 g/mol. The normalized spacial score (nSPS) is 12.6. The van der Waals surface area contributed by atoms with Crippen LogP contribution in [-0.4, -0.2) is 18.3 Å². The molecule has 2 rings (SSSR count). The molecule has 0 amide bonds. The Kier molecular flexibility index (Phi) is 2.41. The lowest BCUT2D eigenvalue weighted by Gasteiger charge is -2.05. The summed E-state index contributed by atoms with van der Waals surface area (Å²) in [5, 5.41) is 3.07. The van der Waals surface area contributed by atoms with Crippen molar-refractivity contribution in [3.63, 3.8) is 0 Å². The maximum absolute atomic E-state index is 5.37. The predicted octanol–water partition coefficient (Wildman–Crippen LogP) is 1.11. The van der Waals surface area contributed by atoms with E-state index in [1.807, 2.05) is 18.2 Å². The maximum atomic E-state index is 5.37. The zero-order valence-corrected chi connectivity index (χ0v) is 8.26. The monoisotopic (exact) mass is 210 g/mol. The van der Waals surface area contributed by atoms with E-state index in [-0.39, 0.29) is 6.79 Å². The molecule has 0 atom stereocenters. The van der Waals surface area contributed by atoms with E-state index in [2.05, 4.69) is 5.32 Å². The Balaban J connectivity index is 2.09. The standard InChI is InChI=1S/C9H10N2O2S/c10-9(14)4-11-6-1-2-7-8(3-6)13-5-12-7/h1-3,11H,4-5H2,(H2,10,14). The Labute approximate surface area is 87.0 Å². The minimum Gasteiger partial charge on any atom is -0.454 e. The molecule has 0 radical (unpaired) electrons. The topological polar surface area (TPSA) is 56.5 Å². The zero-order valence-electron chi connectivity index (χ0n) is 7.45. The third kappa shape index (κ3) is 1.88. The molecule has 1 aromatic carbocycles. The molecule has 1 heterocycles. The van der Waals surface area contributed by atoms with Crippen LogP contribution in [0.5, 0.6) is 11.5 Å². The highest BCUT2D eigenvalue weighted by atomic mass is 32.1. The van der Waals surface area contributed by atoms with Crippen LogP contribution in [0, 0.1) is 0 Å². The third-order valence-electron chi connectivity index (χ3n) is 1.84. The van der Waals surface area contributed by atoms with Gasteiger partial charge in [-0.15, -0.1) is 0 Å². The average molecular weight is 210 g/mol. The van der Waals surface area contributed by atoms with Crippen molar-refractivity contribution in [2.75, 3.05) is 18.7 Å². The van der Waals surface area contributed by atoms with E-state index in [4.69, 9.17) is 27.4 Å². The number of benzene rings is 1. The van der Waals surface area contributed by atoms with Crippen LogP contribution in [0.4, 0.5) is 5.69 Å². The summed E-state index contributed by atoms with van der Waals surface area (Å²) in [4.78, 5) is 0.433. The Bertz CT molecular complexity index is 368. The lowest BCUT2D eigenvalue weighted by atomic mass is 10.3. The molecule has 0 saturated heterocycles. The summed E-state index contributed by atoms with van der Waals surface area (Å²) >= 11 is 4.75. The molecule has 14 heavy (non-hydrogen) atoms. The van der Waals surface area contributed by atoms with Gasteiger partial charge in [0.1, 0.15) is 0 Å². The number of hydrogen-bond acceptors (Lipinski definition) is 4. The van der Waals surface area contributed by atoms with Gasteiger partial charge in [0.25, 0.3) is 0 Å². The van der Waals surface area contributed by atoms with Gasteiger partial charge in [0.15, 0.2) is 11.5 Å². The smallest absolute Gasteiger partial charge is 0.231 e. The molecular formula is C9H10N2O2S. The second-order valence-electron chi connectivity index (χ2n) is 2.89. The molecule has 0 bridgehead atoms. The van der Waals surface area contributed by atoms with Crippen molar-refractivity contribution in [1.82, 2.24) is 0 Å². The first-order chi connectivity index (χ1) is 6.75. The number of nitrogens with two attached hydrogens (primary N) is 1. The van der Waals surface area contributed by atoms with E-state index in [1.165, 1.54) is 0 Å². The van der Waals surface area contributed by atoms with Crippen molar-refractivity contribution in [2.24, 2.45) is 5.73 Å². The van der Waals surface area contributed by atoms with Gasteiger partial charge in [-0.05, 0) is 12.1 Å². The van der Waals surface area contributed by atoms with Crippen LogP contribution >= 0.6 is 12.2 Å². The number of nitrogens with one attached hydrogen (secondary N) is 1. The predicted molar refractivity (Wildman–Crippen MR) is 57.8 cm³/mol. The molecule has 5 heteroatoms. The number of thiocarbonyl (C=S) groups is 1. The van der Waals surface area contributed by atoms with Gasteiger partial charge in [-0.2, -0.15) is 0 Å². The minimum atomic E-state index is 0.286. The fraction of sp³-hybridized carbons (Fsp3) is 0.222. The SMILES string of the molecule is NC(=S)CNc1ccc2c(c1)OCO2. The summed E-state index contributed by atoms with van der Waals surface area (Å²) in [6.45, 7) is 0.767. The Morgan fingerprint density at radius 2 is 2.21 bits per heavy atom. The van der Waals surface area contributed by atoms with E-state index in [0.717, 1.165) is 17.2 Å². The molecule has 3 N–H and O–H groups in total. The number of ether oxygens (including phenoxy) is 2. The summed E-state index contributed by atoms with van der Waals surface area (Å²) in [6.07, 6.45) is 0. The molecule has 0 saturated carbocycles. The van der Waals surface area contributed by atoms with E-state index in [1.54, 1.807) is 0 Å². The Morgan fingerprint density at radius 1 is 1.43 bits per heavy atom. The molecule has 4 nitrogen and oxygen atoms in total. The fourth-order valence-corrected chi connectivity index (χ4v) is 1.27. The van der Waals surface area contributed by atoms with Crippen LogP contribution in [0.3, 0.4) is 0 Å². The zero-order chi connectivity index (χ0) is 9.97. The molecule has 0 aliphatic carbocycles. The van der Waals surface area contributed by atoms with Crippen LogP contribution in [0.25, 0.3) is 0 Å². The summed E-state index contributed by atoms with van der Waals surface area (Å²) in [5.41, 5.74) is 6.28. The third-order valence-corrected chi connectivity index (χ3v) is 1.98. The first-order valence-electron chi connectivity index (χ1n) is 4.17. The highest BCUT2D eigenvalue weighted by Gasteiger charge is 2.12. The fourth-order valence-electron chi connectivity index (χ4n) is 1.20. The lowest BCUT2D eigenvalue weighted by Crippen LogP contribution is -2.19. The quantitative estimate of drug-likeness (QED) is 0.732. The van der Waals surface area contributed by atoms with Crippen molar-refractivity contribution in [3.8, 4) is 11.5 Å². The first-order valence-corrected chi connectivity index (χ1v) is 4.58. The summed E-state index contributed by atoms with van der Waals surface area (Å²) in [5.74, 6) is 1.52. The average Bonchev–Trinajstić information content (AvgIpc) is 2.61. The van der Waals surface area contributed by atoms with Crippen molar-refractivity contribution < 1.29 is 9.47 Å². The first kappa shape index (κ1) is 9.08. The molecule has 74 valence electrons. The van der Waals surface area contributed by atoms with Crippen LogP contribution in [-0.2, 0) is 0 Å². The molecule has 0 aromatic heterocycles.